The van der Waals surface area contributed by atoms with E-state index in [2.05, 4.69) is 51.1 Å². The van der Waals surface area contributed by atoms with Crippen LogP contribution in [-0.2, 0) is 28.4 Å². The standard InChI is InChI=1S/C24H38O6Si/c1-18(9-25-12-21-15-28-21)31(24-7-5-4-6-8-24,19(2)10-26-13-22-16-29-22)20(3)11-27-14-23-17-30-23/h4-8,18-23H,9-17H2,1-3H3. The predicted molar refractivity (Wildman–Crippen MR) is 122 cm³/mol. The van der Waals surface area contributed by atoms with Gasteiger partial charge in [-0.3, -0.25) is 0 Å². The first kappa shape index (κ1) is 23.4. The fourth-order valence-corrected chi connectivity index (χ4v) is 11.6. The lowest BCUT2D eigenvalue weighted by molar-refractivity contribution is 0.102. The number of benzene rings is 1. The first-order chi connectivity index (χ1) is 15.1. The summed E-state index contributed by atoms with van der Waals surface area (Å²) in [6, 6.07) is 11.1. The highest BCUT2D eigenvalue weighted by molar-refractivity contribution is 6.95. The Bertz CT molecular complexity index is 601. The van der Waals surface area contributed by atoms with Gasteiger partial charge in [0.25, 0.3) is 0 Å². The van der Waals surface area contributed by atoms with Crippen LogP contribution < -0.4 is 5.19 Å². The molecule has 1 aromatic carbocycles. The van der Waals surface area contributed by atoms with Crippen LogP contribution in [0.3, 0.4) is 0 Å². The van der Waals surface area contributed by atoms with Gasteiger partial charge in [-0.25, -0.2) is 0 Å². The molecule has 3 aliphatic rings. The summed E-state index contributed by atoms with van der Waals surface area (Å²) < 4.78 is 34.4. The second kappa shape index (κ2) is 10.9. The van der Waals surface area contributed by atoms with Crippen LogP contribution in [0.1, 0.15) is 20.8 Å². The van der Waals surface area contributed by atoms with Gasteiger partial charge in [-0.1, -0.05) is 56.3 Å². The molecule has 0 aromatic heterocycles. The van der Waals surface area contributed by atoms with Gasteiger partial charge in [-0.15, -0.1) is 0 Å². The summed E-state index contributed by atoms with van der Waals surface area (Å²) in [6.45, 7) is 13.9. The summed E-state index contributed by atoms with van der Waals surface area (Å²) in [4.78, 5) is 0. The molecule has 3 aliphatic heterocycles. The van der Waals surface area contributed by atoms with Gasteiger partial charge in [0.05, 0.1) is 39.6 Å². The number of epoxide rings is 3. The van der Waals surface area contributed by atoms with E-state index in [1.807, 2.05) is 0 Å². The molecule has 0 amide bonds. The highest BCUT2D eigenvalue weighted by atomic mass is 28.3. The zero-order chi connectivity index (χ0) is 21.7. The summed E-state index contributed by atoms with van der Waals surface area (Å²) in [5.74, 6) is 0. The molecular weight excluding hydrogens is 412 g/mol. The fourth-order valence-electron chi connectivity index (χ4n) is 5.07. The van der Waals surface area contributed by atoms with Crippen molar-refractivity contribution in [3.8, 4) is 0 Å². The molecule has 0 spiro atoms. The molecule has 3 fully saturated rings. The summed E-state index contributed by atoms with van der Waals surface area (Å²) >= 11 is 0. The average molecular weight is 451 g/mol. The van der Waals surface area contributed by atoms with E-state index in [4.69, 9.17) is 28.4 Å². The Balaban J connectivity index is 1.52. The lowest BCUT2D eigenvalue weighted by atomic mass is 10.4. The highest BCUT2D eigenvalue weighted by Crippen LogP contribution is 2.42. The first-order valence-electron chi connectivity index (χ1n) is 11.7. The smallest absolute Gasteiger partial charge is 0.104 e. The van der Waals surface area contributed by atoms with Gasteiger partial charge >= 0.3 is 0 Å². The van der Waals surface area contributed by atoms with Crippen molar-refractivity contribution < 1.29 is 28.4 Å². The van der Waals surface area contributed by atoms with E-state index in [0.717, 1.165) is 39.6 Å². The molecule has 31 heavy (non-hydrogen) atoms. The van der Waals surface area contributed by atoms with Crippen LogP contribution in [0.5, 0.6) is 0 Å². The molecule has 0 bridgehead atoms. The van der Waals surface area contributed by atoms with Gasteiger partial charge in [-0.05, 0) is 16.6 Å². The third-order valence-electron chi connectivity index (χ3n) is 6.94. The summed E-state index contributed by atoms with van der Waals surface area (Å²) in [7, 11) is -2.13. The third kappa shape index (κ3) is 6.38. The van der Waals surface area contributed by atoms with Gasteiger partial charge in [0.2, 0.25) is 0 Å². The Labute approximate surface area is 187 Å². The van der Waals surface area contributed by atoms with Crippen molar-refractivity contribution in [1.82, 2.24) is 0 Å². The maximum atomic E-state index is 6.14. The number of ether oxygens (including phenoxy) is 6. The Morgan fingerprint density at radius 1 is 0.710 bits per heavy atom. The Morgan fingerprint density at radius 3 is 1.39 bits per heavy atom. The molecule has 6 nitrogen and oxygen atoms in total. The van der Waals surface area contributed by atoms with Crippen LogP contribution in [0.4, 0.5) is 0 Å². The summed E-state index contributed by atoms with van der Waals surface area (Å²) in [6.07, 6.45) is 0.871. The van der Waals surface area contributed by atoms with E-state index in [1.54, 1.807) is 0 Å². The summed E-state index contributed by atoms with van der Waals surface area (Å²) in [5, 5.41) is 1.46. The van der Waals surface area contributed by atoms with Crippen LogP contribution in [0.2, 0.25) is 16.6 Å². The van der Waals surface area contributed by atoms with E-state index in [1.165, 1.54) is 5.19 Å². The topological polar surface area (TPSA) is 65.3 Å². The normalized spacial score (nSPS) is 29.1. The summed E-state index contributed by atoms with van der Waals surface area (Å²) in [5.41, 5.74) is 1.25. The van der Waals surface area contributed by atoms with Crippen molar-refractivity contribution in [1.29, 1.82) is 0 Å². The molecule has 6 unspecified atom stereocenters. The van der Waals surface area contributed by atoms with Gasteiger partial charge in [0.15, 0.2) is 0 Å². The maximum absolute atomic E-state index is 6.14. The SMILES string of the molecule is CC(COCC1CO1)[Si](c1ccccc1)(C(C)COCC1CO1)C(C)COCC1CO1. The van der Waals surface area contributed by atoms with E-state index in [0.29, 0.717) is 54.8 Å². The van der Waals surface area contributed by atoms with Gasteiger partial charge in [-0.2, -0.15) is 0 Å². The molecule has 6 atom stereocenters. The van der Waals surface area contributed by atoms with E-state index in [-0.39, 0.29) is 0 Å². The van der Waals surface area contributed by atoms with E-state index < -0.39 is 8.07 Å². The van der Waals surface area contributed by atoms with Crippen LogP contribution in [0.15, 0.2) is 30.3 Å². The fraction of sp³-hybridized carbons (Fsp3) is 0.750. The van der Waals surface area contributed by atoms with E-state index >= 15 is 0 Å². The third-order valence-corrected chi connectivity index (χ3v) is 13.7. The van der Waals surface area contributed by atoms with Gasteiger partial charge < -0.3 is 28.4 Å². The lowest BCUT2D eigenvalue weighted by Crippen LogP contribution is -2.60. The van der Waals surface area contributed by atoms with Gasteiger partial charge in [0.1, 0.15) is 26.4 Å². The van der Waals surface area contributed by atoms with Gasteiger partial charge in [0, 0.05) is 19.8 Å². The maximum Gasteiger partial charge on any atom is 0.104 e. The molecule has 0 N–H and O–H groups in total. The van der Waals surface area contributed by atoms with Crippen molar-refractivity contribution in [2.45, 2.75) is 55.7 Å². The van der Waals surface area contributed by atoms with Crippen LogP contribution >= 0.6 is 0 Å². The van der Waals surface area contributed by atoms with Crippen molar-refractivity contribution >= 4 is 13.3 Å². The predicted octanol–water partition coefficient (Wildman–Crippen LogP) is 2.76. The second-order valence-electron chi connectivity index (χ2n) is 9.48. The quantitative estimate of drug-likeness (QED) is 0.285. The van der Waals surface area contributed by atoms with Crippen LogP contribution in [-0.4, -0.2) is 85.8 Å². The van der Waals surface area contributed by atoms with Crippen molar-refractivity contribution in [3.63, 3.8) is 0 Å². The number of hydrogen-bond donors (Lipinski definition) is 0. The number of hydrogen-bond acceptors (Lipinski definition) is 6. The Morgan fingerprint density at radius 2 is 1.06 bits per heavy atom. The minimum absolute atomic E-state index is 0.290. The van der Waals surface area contributed by atoms with Crippen molar-refractivity contribution in [3.05, 3.63) is 30.3 Å². The zero-order valence-corrected chi connectivity index (χ0v) is 20.2. The van der Waals surface area contributed by atoms with Crippen LogP contribution in [0, 0.1) is 0 Å². The molecule has 1 aromatic rings. The molecule has 0 radical (unpaired) electrons. The Hall–Kier alpha value is -0.803. The van der Waals surface area contributed by atoms with E-state index in [9.17, 15) is 0 Å². The molecule has 3 heterocycles. The molecule has 7 heteroatoms. The molecular formula is C24H38O6Si. The number of rotatable bonds is 16. The highest BCUT2D eigenvalue weighted by Gasteiger charge is 2.50. The van der Waals surface area contributed by atoms with Crippen LogP contribution in [0.25, 0.3) is 0 Å². The zero-order valence-electron chi connectivity index (χ0n) is 19.2. The molecule has 3 saturated heterocycles. The largest absolute Gasteiger partial charge is 0.379 e. The molecule has 0 saturated carbocycles. The first-order valence-corrected chi connectivity index (χ1v) is 14.0. The minimum Gasteiger partial charge on any atom is -0.379 e. The minimum atomic E-state index is -2.13. The average Bonchev–Trinajstić information content (AvgIpc) is 3.61. The molecule has 0 aliphatic carbocycles. The second-order valence-corrected chi connectivity index (χ2v) is 14.9. The monoisotopic (exact) mass is 450 g/mol. The Kier molecular flexibility index (Phi) is 8.20. The molecule has 174 valence electrons. The van der Waals surface area contributed by atoms with Crippen molar-refractivity contribution in [2.75, 3.05) is 59.5 Å². The lowest BCUT2D eigenvalue weighted by Gasteiger charge is -2.47. The molecule has 4 rings (SSSR count). The van der Waals surface area contributed by atoms with Crippen molar-refractivity contribution in [2.24, 2.45) is 0 Å².